The Morgan fingerprint density at radius 3 is 2.59 bits per heavy atom. The molecule has 1 saturated heterocycles. The zero-order chi connectivity index (χ0) is 16.2. The maximum absolute atomic E-state index is 11.6. The van der Waals surface area contributed by atoms with E-state index in [1.807, 2.05) is 12.1 Å². The van der Waals surface area contributed by atoms with Crippen molar-refractivity contribution in [2.45, 2.75) is 18.6 Å². The summed E-state index contributed by atoms with van der Waals surface area (Å²) in [4.78, 5) is 17.9. The number of hydrogen-bond donors (Lipinski definition) is 4. The number of aliphatic hydroxyl groups is 1. The number of rotatable bonds is 2. The molecule has 22 heavy (non-hydrogen) atoms. The molecule has 8 heteroatoms. The molecule has 3 rings (SSSR count). The van der Waals surface area contributed by atoms with Crippen LogP contribution in [-0.4, -0.2) is 57.6 Å². The summed E-state index contributed by atoms with van der Waals surface area (Å²) in [6.45, 7) is 0. The van der Waals surface area contributed by atoms with E-state index in [4.69, 9.17) is 5.73 Å². The van der Waals surface area contributed by atoms with E-state index in [0.717, 1.165) is 9.86 Å². The van der Waals surface area contributed by atoms with Gasteiger partial charge in [-0.15, -0.1) is 0 Å². The van der Waals surface area contributed by atoms with Crippen molar-refractivity contribution in [1.82, 2.24) is 14.8 Å². The zero-order valence-corrected chi connectivity index (χ0v) is 13.7. The van der Waals surface area contributed by atoms with E-state index in [-0.39, 0.29) is 5.69 Å². The molecule has 3 atom stereocenters. The van der Waals surface area contributed by atoms with Crippen LogP contribution in [0.5, 0.6) is 0 Å². The van der Waals surface area contributed by atoms with Gasteiger partial charge in [-0.2, -0.15) is 0 Å². The second-order valence-electron chi connectivity index (χ2n) is 5.51. The van der Waals surface area contributed by atoms with Gasteiger partial charge in [0.05, 0.1) is 6.04 Å². The van der Waals surface area contributed by atoms with Crippen LogP contribution in [-0.2, 0) is 0 Å². The number of carboxylic acid groups (broad SMARTS) is 1. The molecule has 0 amide bonds. The van der Waals surface area contributed by atoms with Gasteiger partial charge in [0.15, 0.2) is 0 Å². The number of hydrogen-bond acceptors (Lipinski definition) is 5. The van der Waals surface area contributed by atoms with Crippen LogP contribution in [0.1, 0.15) is 22.1 Å². The van der Waals surface area contributed by atoms with Crippen molar-refractivity contribution in [3.63, 3.8) is 0 Å². The average molecular weight is 369 g/mol. The highest BCUT2D eigenvalue weighted by Crippen LogP contribution is 2.39. The minimum absolute atomic E-state index is 0.0755. The fraction of sp³-hybridized carbons (Fsp3) is 0.357. The van der Waals surface area contributed by atoms with Crippen molar-refractivity contribution in [2.75, 3.05) is 14.1 Å². The predicted octanol–water partition coefficient (Wildman–Crippen LogP) is 1.11. The number of likely N-dealkylation sites (N-methyl/N-ethyl adjacent to an activating group) is 2. The Balaban J connectivity index is 2.27. The maximum atomic E-state index is 11.6. The fourth-order valence-corrected chi connectivity index (χ4v) is 3.42. The van der Waals surface area contributed by atoms with E-state index in [2.05, 4.69) is 20.9 Å². The van der Waals surface area contributed by atoms with Gasteiger partial charge in [-0.25, -0.2) is 4.79 Å². The van der Waals surface area contributed by atoms with E-state index in [1.54, 1.807) is 30.0 Å². The van der Waals surface area contributed by atoms with Crippen LogP contribution in [0.3, 0.4) is 0 Å². The van der Waals surface area contributed by atoms with Gasteiger partial charge in [0, 0.05) is 20.9 Å². The fourth-order valence-electron chi connectivity index (χ4n) is 3.05. The SMILES string of the molecule is CN1C(O)C(c2c(C(=O)O)[nH]c3ccc(Br)cc23)N(C)C1N. The van der Waals surface area contributed by atoms with E-state index in [1.165, 1.54) is 0 Å². The van der Waals surface area contributed by atoms with Crippen molar-refractivity contribution in [3.8, 4) is 0 Å². The van der Waals surface area contributed by atoms with E-state index >= 15 is 0 Å². The van der Waals surface area contributed by atoms with Gasteiger partial charge < -0.3 is 20.9 Å². The minimum Gasteiger partial charge on any atom is -0.477 e. The Hall–Kier alpha value is -1.45. The summed E-state index contributed by atoms with van der Waals surface area (Å²) >= 11 is 3.40. The lowest BCUT2D eigenvalue weighted by molar-refractivity contribution is 0.0284. The zero-order valence-electron chi connectivity index (χ0n) is 12.1. The Morgan fingerprint density at radius 2 is 2.05 bits per heavy atom. The largest absolute Gasteiger partial charge is 0.477 e. The van der Waals surface area contributed by atoms with Crippen LogP contribution >= 0.6 is 15.9 Å². The number of aromatic nitrogens is 1. The van der Waals surface area contributed by atoms with Gasteiger partial charge in [0.2, 0.25) is 0 Å². The molecule has 3 unspecified atom stereocenters. The highest BCUT2D eigenvalue weighted by molar-refractivity contribution is 9.10. The van der Waals surface area contributed by atoms with Crippen molar-refractivity contribution < 1.29 is 15.0 Å². The van der Waals surface area contributed by atoms with Crippen LogP contribution in [0.2, 0.25) is 0 Å². The highest BCUT2D eigenvalue weighted by atomic mass is 79.9. The van der Waals surface area contributed by atoms with Crippen LogP contribution < -0.4 is 5.73 Å². The third-order valence-corrected chi connectivity index (χ3v) is 4.78. The lowest BCUT2D eigenvalue weighted by Crippen LogP contribution is -2.43. The second kappa shape index (κ2) is 5.32. The molecule has 1 aromatic heterocycles. The van der Waals surface area contributed by atoms with Gasteiger partial charge in [-0.05, 0) is 32.3 Å². The molecule has 1 aliphatic rings. The summed E-state index contributed by atoms with van der Waals surface area (Å²) in [5.74, 6) is -1.06. The molecule has 7 nitrogen and oxygen atoms in total. The Labute approximate surface area is 135 Å². The molecule has 1 aromatic carbocycles. The number of aliphatic hydroxyl groups excluding tert-OH is 1. The monoisotopic (exact) mass is 368 g/mol. The van der Waals surface area contributed by atoms with E-state index < -0.39 is 24.5 Å². The number of nitrogens with two attached hydrogens (primary N) is 1. The minimum atomic E-state index is -1.06. The summed E-state index contributed by atoms with van der Waals surface area (Å²) < 4.78 is 0.838. The third-order valence-electron chi connectivity index (χ3n) is 4.28. The number of H-pyrrole nitrogens is 1. The molecule has 118 valence electrons. The van der Waals surface area contributed by atoms with Crippen molar-refractivity contribution >= 4 is 32.8 Å². The number of aromatic carboxylic acids is 1. The van der Waals surface area contributed by atoms with Crippen molar-refractivity contribution in [1.29, 1.82) is 0 Å². The summed E-state index contributed by atoms with van der Waals surface area (Å²) in [5, 5.41) is 20.8. The second-order valence-corrected chi connectivity index (χ2v) is 6.43. The molecule has 1 fully saturated rings. The van der Waals surface area contributed by atoms with E-state index in [9.17, 15) is 15.0 Å². The van der Waals surface area contributed by atoms with Gasteiger partial charge in [0.25, 0.3) is 0 Å². The smallest absolute Gasteiger partial charge is 0.352 e. The predicted molar refractivity (Wildman–Crippen MR) is 85.2 cm³/mol. The van der Waals surface area contributed by atoms with Gasteiger partial charge >= 0.3 is 5.97 Å². The van der Waals surface area contributed by atoms with Gasteiger partial charge in [-0.1, -0.05) is 15.9 Å². The molecular weight excluding hydrogens is 352 g/mol. The molecule has 0 aliphatic carbocycles. The first-order valence-electron chi connectivity index (χ1n) is 6.75. The number of halogens is 1. The molecule has 0 radical (unpaired) electrons. The molecule has 2 aromatic rings. The summed E-state index contributed by atoms with van der Waals surface area (Å²) in [5.41, 5.74) is 7.36. The molecule has 5 N–H and O–H groups in total. The van der Waals surface area contributed by atoms with Gasteiger partial charge in [-0.3, -0.25) is 9.80 Å². The quantitative estimate of drug-likeness (QED) is 0.632. The molecule has 0 bridgehead atoms. The third kappa shape index (κ3) is 2.15. The maximum Gasteiger partial charge on any atom is 0.352 e. The lowest BCUT2D eigenvalue weighted by Gasteiger charge is -2.23. The van der Waals surface area contributed by atoms with Crippen LogP contribution in [0.4, 0.5) is 0 Å². The topological polar surface area (TPSA) is 106 Å². The Kier molecular flexibility index (Phi) is 3.74. The number of benzene rings is 1. The molecular formula is C14H17BrN4O3. The number of aromatic amines is 1. The van der Waals surface area contributed by atoms with Gasteiger partial charge in [0.1, 0.15) is 18.2 Å². The molecule has 0 spiro atoms. The Morgan fingerprint density at radius 1 is 1.36 bits per heavy atom. The highest BCUT2D eigenvalue weighted by Gasteiger charge is 2.44. The summed E-state index contributed by atoms with van der Waals surface area (Å²) in [7, 11) is 3.47. The number of nitrogens with one attached hydrogen (secondary N) is 1. The molecule has 0 saturated carbocycles. The van der Waals surface area contributed by atoms with E-state index in [0.29, 0.717) is 11.1 Å². The summed E-state index contributed by atoms with van der Waals surface area (Å²) in [6, 6.07) is 4.95. The first-order chi connectivity index (χ1) is 10.3. The van der Waals surface area contributed by atoms with Crippen molar-refractivity contribution in [3.05, 3.63) is 33.9 Å². The number of carboxylic acids is 1. The van der Waals surface area contributed by atoms with Crippen LogP contribution in [0.25, 0.3) is 10.9 Å². The number of nitrogens with zero attached hydrogens (tertiary/aromatic N) is 2. The van der Waals surface area contributed by atoms with Crippen LogP contribution in [0.15, 0.2) is 22.7 Å². The molecule has 2 heterocycles. The van der Waals surface area contributed by atoms with Crippen LogP contribution in [0, 0.1) is 0 Å². The first-order valence-corrected chi connectivity index (χ1v) is 7.54. The Bertz CT molecular complexity index is 733. The van der Waals surface area contributed by atoms with Crippen molar-refractivity contribution in [2.24, 2.45) is 5.73 Å². The number of fused-ring (bicyclic) bond motifs is 1. The average Bonchev–Trinajstić information content (AvgIpc) is 2.92. The normalized spacial score (nSPS) is 26.9. The number of carbonyl (C=O) groups is 1. The molecule has 1 aliphatic heterocycles. The lowest BCUT2D eigenvalue weighted by atomic mass is 10.0. The standard InChI is InChI=1S/C14H17BrN4O3/c1-18-11(12(20)19(2)14(18)16)9-7-5-6(15)3-4-8(7)17-10(9)13(21)22/h3-5,11-12,14,17,20H,16H2,1-2H3,(H,21,22). The first kappa shape index (κ1) is 15.4. The summed E-state index contributed by atoms with van der Waals surface area (Å²) in [6.07, 6.45) is -1.38.